The number of nitrogens with zero attached hydrogens (tertiary/aromatic N) is 1. The molecule has 0 aliphatic carbocycles. The number of alkyl halides is 3. The molecule has 2 aliphatic heterocycles. The van der Waals surface area contributed by atoms with Crippen molar-refractivity contribution < 1.29 is 22.6 Å². The molecule has 2 aromatic carbocycles. The van der Waals surface area contributed by atoms with Gasteiger partial charge in [-0.15, -0.1) is 13.2 Å². The highest BCUT2D eigenvalue weighted by Gasteiger charge is 2.35. The van der Waals surface area contributed by atoms with E-state index in [1.165, 1.54) is 11.6 Å². The predicted octanol–water partition coefficient (Wildman–Crippen LogP) is 4.73. The molecule has 0 amide bonds. The highest BCUT2D eigenvalue weighted by Crippen LogP contribution is 2.33. The zero-order valence-corrected chi connectivity index (χ0v) is 15.4. The fraction of sp³-hybridized carbons (Fsp3) is 0.364. The Morgan fingerprint density at radius 1 is 1.00 bits per heavy atom. The van der Waals surface area contributed by atoms with E-state index in [4.69, 9.17) is 4.74 Å². The van der Waals surface area contributed by atoms with Crippen LogP contribution in [0, 0.1) is 0 Å². The van der Waals surface area contributed by atoms with E-state index in [9.17, 15) is 13.2 Å². The van der Waals surface area contributed by atoms with Crippen LogP contribution in [-0.4, -0.2) is 36.6 Å². The van der Waals surface area contributed by atoms with Gasteiger partial charge in [0, 0.05) is 12.6 Å². The topological polar surface area (TPSA) is 21.7 Å². The zero-order valence-electron chi connectivity index (χ0n) is 15.4. The van der Waals surface area contributed by atoms with Crippen LogP contribution in [-0.2, 0) is 17.7 Å². The van der Waals surface area contributed by atoms with E-state index in [0.717, 1.165) is 18.5 Å². The number of morpholine rings is 1. The van der Waals surface area contributed by atoms with Gasteiger partial charge in [-0.1, -0.05) is 60.2 Å². The van der Waals surface area contributed by atoms with E-state index < -0.39 is 6.36 Å². The second-order valence-electron chi connectivity index (χ2n) is 7.28. The van der Waals surface area contributed by atoms with Gasteiger partial charge in [0.05, 0.1) is 19.3 Å². The molecule has 6 heteroatoms. The molecular formula is C22H22F3NO2. The van der Waals surface area contributed by atoms with Crippen LogP contribution in [0.5, 0.6) is 5.75 Å². The monoisotopic (exact) mass is 389 g/mol. The minimum Gasteiger partial charge on any atom is -0.405 e. The highest BCUT2D eigenvalue weighted by atomic mass is 19.4. The number of rotatable bonds is 5. The number of ether oxygens (including phenoxy) is 2. The predicted molar refractivity (Wildman–Crippen MR) is 99.9 cm³/mol. The summed E-state index contributed by atoms with van der Waals surface area (Å²) in [6.45, 7) is 2.09. The molecule has 0 N–H and O–H groups in total. The summed E-state index contributed by atoms with van der Waals surface area (Å²) in [6.07, 6.45) is -1.29. The average molecular weight is 389 g/mol. The van der Waals surface area contributed by atoms with Gasteiger partial charge >= 0.3 is 6.36 Å². The number of para-hydroxylation sites is 1. The second-order valence-corrected chi connectivity index (χ2v) is 7.28. The Labute approximate surface area is 162 Å². The molecule has 2 aromatic rings. The SMILES string of the molecule is FC(F)(F)Oc1ccccc1CC1=CC2COCC(C1)N2Cc1ccccc1. The number of fused-ring (bicyclic) bond motifs is 2. The minimum atomic E-state index is -4.69. The lowest BCUT2D eigenvalue weighted by atomic mass is 9.89. The van der Waals surface area contributed by atoms with Gasteiger partial charge in [0.15, 0.2) is 0 Å². The normalized spacial score (nSPS) is 22.6. The van der Waals surface area contributed by atoms with E-state index in [-0.39, 0.29) is 17.8 Å². The summed E-state index contributed by atoms with van der Waals surface area (Å²) in [4.78, 5) is 2.43. The van der Waals surface area contributed by atoms with Crippen LogP contribution >= 0.6 is 0 Å². The van der Waals surface area contributed by atoms with Gasteiger partial charge in [-0.2, -0.15) is 0 Å². The Morgan fingerprint density at radius 3 is 2.50 bits per heavy atom. The van der Waals surface area contributed by atoms with E-state index in [1.807, 2.05) is 18.2 Å². The number of hydrogen-bond acceptors (Lipinski definition) is 3. The van der Waals surface area contributed by atoms with Crippen LogP contribution in [0.4, 0.5) is 13.2 Å². The third-order valence-electron chi connectivity index (χ3n) is 5.24. The van der Waals surface area contributed by atoms with E-state index in [1.54, 1.807) is 18.2 Å². The van der Waals surface area contributed by atoms with Crippen molar-refractivity contribution in [3.63, 3.8) is 0 Å². The van der Waals surface area contributed by atoms with Crippen molar-refractivity contribution in [2.45, 2.75) is 37.8 Å². The van der Waals surface area contributed by atoms with Crippen molar-refractivity contribution in [3.05, 3.63) is 77.4 Å². The van der Waals surface area contributed by atoms with E-state index in [0.29, 0.717) is 25.2 Å². The first-order valence-electron chi connectivity index (χ1n) is 9.38. The number of halogens is 3. The molecule has 0 aromatic heterocycles. The lowest BCUT2D eigenvalue weighted by Gasteiger charge is -2.45. The maximum Gasteiger partial charge on any atom is 0.573 e. The van der Waals surface area contributed by atoms with Crippen molar-refractivity contribution in [2.75, 3.05) is 13.2 Å². The first kappa shape index (κ1) is 19.0. The maximum absolute atomic E-state index is 12.7. The Morgan fingerprint density at radius 2 is 1.75 bits per heavy atom. The molecule has 28 heavy (non-hydrogen) atoms. The lowest BCUT2D eigenvalue weighted by Crippen LogP contribution is -2.53. The molecule has 2 heterocycles. The van der Waals surface area contributed by atoms with Crippen molar-refractivity contribution in [1.29, 1.82) is 0 Å². The fourth-order valence-corrected chi connectivity index (χ4v) is 4.04. The molecular weight excluding hydrogens is 367 g/mol. The summed E-state index contributed by atoms with van der Waals surface area (Å²) in [5.41, 5.74) is 2.95. The Kier molecular flexibility index (Phi) is 5.42. The van der Waals surface area contributed by atoms with E-state index >= 15 is 0 Å². The molecule has 2 unspecified atom stereocenters. The fourth-order valence-electron chi connectivity index (χ4n) is 4.04. The van der Waals surface area contributed by atoms with Gasteiger partial charge in [0.25, 0.3) is 0 Å². The van der Waals surface area contributed by atoms with Gasteiger partial charge in [-0.25, -0.2) is 0 Å². The summed E-state index contributed by atoms with van der Waals surface area (Å²) >= 11 is 0. The summed E-state index contributed by atoms with van der Waals surface area (Å²) < 4.78 is 48.0. The van der Waals surface area contributed by atoms with Crippen molar-refractivity contribution in [2.24, 2.45) is 0 Å². The number of benzene rings is 2. The second kappa shape index (κ2) is 7.97. The highest BCUT2D eigenvalue weighted by molar-refractivity contribution is 5.37. The molecule has 2 bridgehead atoms. The average Bonchev–Trinajstić information content (AvgIpc) is 2.64. The Hall–Kier alpha value is -2.31. The zero-order chi connectivity index (χ0) is 19.6. The maximum atomic E-state index is 12.7. The molecule has 2 aliphatic rings. The lowest BCUT2D eigenvalue weighted by molar-refractivity contribution is -0.274. The Balaban J connectivity index is 1.52. The summed E-state index contributed by atoms with van der Waals surface area (Å²) in [5, 5.41) is 0. The van der Waals surface area contributed by atoms with Crippen LogP contribution in [0.2, 0.25) is 0 Å². The third-order valence-corrected chi connectivity index (χ3v) is 5.24. The van der Waals surface area contributed by atoms with Gasteiger partial charge in [0.1, 0.15) is 5.75 Å². The summed E-state index contributed by atoms with van der Waals surface area (Å²) in [5.74, 6) is -0.121. The van der Waals surface area contributed by atoms with Crippen molar-refractivity contribution in [3.8, 4) is 5.75 Å². The smallest absolute Gasteiger partial charge is 0.405 e. The van der Waals surface area contributed by atoms with Crippen LogP contribution in [0.15, 0.2) is 66.2 Å². The van der Waals surface area contributed by atoms with Gasteiger partial charge in [0.2, 0.25) is 0 Å². The molecule has 0 saturated carbocycles. The summed E-state index contributed by atoms with van der Waals surface area (Å²) in [6, 6.07) is 17.0. The van der Waals surface area contributed by atoms with Crippen molar-refractivity contribution in [1.82, 2.24) is 4.90 Å². The quantitative estimate of drug-likeness (QED) is 0.691. The summed E-state index contributed by atoms with van der Waals surface area (Å²) in [7, 11) is 0. The molecule has 1 fully saturated rings. The molecule has 0 radical (unpaired) electrons. The molecule has 4 rings (SSSR count). The van der Waals surface area contributed by atoms with Crippen LogP contribution in [0.25, 0.3) is 0 Å². The first-order valence-corrected chi connectivity index (χ1v) is 9.38. The van der Waals surface area contributed by atoms with Gasteiger partial charge in [-0.05, 0) is 30.0 Å². The van der Waals surface area contributed by atoms with Crippen LogP contribution < -0.4 is 4.74 Å². The first-order chi connectivity index (χ1) is 13.5. The molecule has 1 saturated heterocycles. The van der Waals surface area contributed by atoms with E-state index in [2.05, 4.69) is 27.8 Å². The Bertz CT molecular complexity index is 835. The number of hydrogen-bond donors (Lipinski definition) is 0. The van der Waals surface area contributed by atoms with Crippen molar-refractivity contribution >= 4 is 0 Å². The van der Waals surface area contributed by atoms with Crippen LogP contribution in [0.1, 0.15) is 17.5 Å². The van der Waals surface area contributed by atoms with Gasteiger partial charge in [-0.3, -0.25) is 4.90 Å². The van der Waals surface area contributed by atoms with Gasteiger partial charge < -0.3 is 9.47 Å². The standard InChI is InChI=1S/C22H22F3NO2/c23-22(24,25)28-21-9-5-4-8-18(21)10-17-11-19-14-27-15-20(12-17)26(19)13-16-6-2-1-3-7-16/h1-9,11,19-20H,10,12-15H2. The largest absolute Gasteiger partial charge is 0.573 e. The molecule has 0 spiro atoms. The van der Waals surface area contributed by atoms with Crippen LogP contribution in [0.3, 0.4) is 0 Å². The molecule has 148 valence electrons. The third kappa shape index (κ3) is 4.56. The molecule has 2 atom stereocenters. The molecule has 3 nitrogen and oxygen atoms in total. The minimum absolute atomic E-state index is 0.121.